The summed E-state index contributed by atoms with van der Waals surface area (Å²) in [6.07, 6.45) is 3.74. The molecule has 2 aromatic rings. The van der Waals surface area contributed by atoms with E-state index in [0.717, 1.165) is 31.2 Å². The van der Waals surface area contributed by atoms with Crippen LogP contribution in [0.4, 0.5) is 0 Å². The summed E-state index contributed by atoms with van der Waals surface area (Å²) in [5.74, 6) is -1.52. The van der Waals surface area contributed by atoms with Gasteiger partial charge in [-0.15, -0.1) is 0 Å². The summed E-state index contributed by atoms with van der Waals surface area (Å²) in [7, 11) is 0. The Bertz CT molecular complexity index is 923. The quantitative estimate of drug-likeness (QED) is 0.568. The number of fused-ring (bicyclic) bond motifs is 1. The maximum atomic E-state index is 13.0. The number of nitrogens with zero attached hydrogens (tertiary/aromatic N) is 3. The summed E-state index contributed by atoms with van der Waals surface area (Å²) in [4.78, 5) is 37.5. The Morgan fingerprint density at radius 3 is 2.60 bits per heavy atom. The van der Waals surface area contributed by atoms with Gasteiger partial charge in [-0.05, 0) is 24.6 Å². The Morgan fingerprint density at radius 2 is 1.93 bits per heavy atom. The molecule has 0 saturated heterocycles. The van der Waals surface area contributed by atoms with Gasteiger partial charge in [0, 0.05) is 23.6 Å². The molecule has 1 aromatic heterocycles. The standard InChI is InChI=1S/C22H26ClN3O4/c1-2-3-4-5-17-13-25(14-18(27)10-11-21(28)29)22(30)20-12-19(24-26(17)20)15-6-8-16(23)9-7-15/h6-9,12,17H,2-5,10-11,13-14H2,1H3,(H,28,29). The topological polar surface area (TPSA) is 92.5 Å². The molecule has 1 aromatic carbocycles. The van der Waals surface area contributed by atoms with Gasteiger partial charge in [0.1, 0.15) is 5.69 Å². The molecule has 160 valence electrons. The summed E-state index contributed by atoms with van der Waals surface area (Å²) in [5, 5.41) is 14.1. The van der Waals surface area contributed by atoms with Crippen molar-refractivity contribution in [2.75, 3.05) is 13.1 Å². The van der Waals surface area contributed by atoms with Gasteiger partial charge >= 0.3 is 5.97 Å². The smallest absolute Gasteiger partial charge is 0.303 e. The Labute approximate surface area is 180 Å². The van der Waals surface area contributed by atoms with E-state index in [2.05, 4.69) is 6.92 Å². The lowest BCUT2D eigenvalue weighted by Gasteiger charge is -2.33. The minimum absolute atomic E-state index is 0.0161. The average Bonchev–Trinajstić information content (AvgIpc) is 3.16. The van der Waals surface area contributed by atoms with E-state index in [1.165, 1.54) is 4.90 Å². The second-order valence-corrected chi connectivity index (χ2v) is 8.07. The monoisotopic (exact) mass is 431 g/mol. The van der Waals surface area contributed by atoms with Crippen LogP contribution in [0.3, 0.4) is 0 Å². The minimum atomic E-state index is -1.02. The highest BCUT2D eigenvalue weighted by Crippen LogP contribution is 2.30. The lowest BCUT2D eigenvalue weighted by atomic mass is 10.0. The van der Waals surface area contributed by atoms with Crippen molar-refractivity contribution in [3.05, 3.63) is 41.0 Å². The molecule has 1 amide bonds. The highest BCUT2D eigenvalue weighted by Gasteiger charge is 2.33. The largest absolute Gasteiger partial charge is 0.481 e. The molecule has 0 radical (unpaired) electrons. The fourth-order valence-electron chi connectivity index (χ4n) is 3.69. The zero-order chi connectivity index (χ0) is 21.7. The summed E-state index contributed by atoms with van der Waals surface area (Å²) >= 11 is 5.98. The van der Waals surface area contributed by atoms with Crippen LogP contribution in [-0.2, 0) is 9.59 Å². The zero-order valence-corrected chi connectivity index (χ0v) is 17.8. The van der Waals surface area contributed by atoms with Crippen molar-refractivity contribution >= 4 is 29.3 Å². The van der Waals surface area contributed by atoms with E-state index in [1.807, 2.05) is 12.1 Å². The van der Waals surface area contributed by atoms with E-state index in [1.54, 1.807) is 22.9 Å². The van der Waals surface area contributed by atoms with Gasteiger partial charge in [0.25, 0.3) is 5.91 Å². The number of halogens is 1. The second-order valence-electron chi connectivity index (χ2n) is 7.63. The van der Waals surface area contributed by atoms with Crippen molar-refractivity contribution in [3.63, 3.8) is 0 Å². The number of ketones is 1. The number of carboxylic acid groups (broad SMARTS) is 1. The van der Waals surface area contributed by atoms with Crippen LogP contribution in [-0.4, -0.2) is 50.5 Å². The molecule has 7 nitrogen and oxygen atoms in total. The predicted molar refractivity (Wildman–Crippen MR) is 114 cm³/mol. The number of rotatable bonds is 10. The highest BCUT2D eigenvalue weighted by atomic mass is 35.5. The first-order valence-electron chi connectivity index (χ1n) is 10.3. The van der Waals surface area contributed by atoms with Gasteiger partial charge < -0.3 is 10.0 Å². The van der Waals surface area contributed by atoms with Gasteiger partial charge in [0.05, 0.1) is 24.7 Å². The number of benzene rings is 1. The molecular weight excluding hydrogens is 406 g/mol. The van der Waals surface area contributed by atoms with Crippen molar-refractivity contribution in [1.29, 1.82) is 0 Å². The first kappa shape index (κ1) is 22.0. The Hall–Kier alpha value is -2.67. The number of aromatic nitrogens is 2. The molecule has 1 aliphatic heterocycles. The van der Waals surface area contributed by atoms with E-state index in [4.69, 9.17) is 21.8 Å². The normalized spacial score (nSPS) is 15.9. The molecule has 0 fully saturated rings. The van der Waals surface area contributed by atoms with Crippen LogP contribution in [0.15, 0.2) is 30.3 Å². The van der Waals surface area contributed by atoms with E-state index in [-0.39, 0.29) is 37.1 Å². The van der Waals surface area contributed by atoms with Crippen LogP contribution in [0.25, 0.3) is 11.3 Å². The average molecular weight is 432 g/mol. The Kier molecular flexibility index (Phi) is 7.26. The number of carbonyl (C=O) groups excluding carboxylic acids is 2. The second kappa shape index (κ2) is 9.89. The lowest BCUT2D eigenvalue weighted by Crippen LogP contribution is -2.45. The minimum Gasteiger partial charge on any atom is -0.481 e. The van der Waals surface area contributed by atoms with Gasteiger partial charge in [-0.3, -0.25) is 19.1 Å². The number of carboxylic acids is 1. The molecule has 0 spiro atoms. The number of carbonyl (C=O) groups is 3. The van der Waals surface area contributed by atoms with Crippen LogP contribution >= 0.6 is 11.6 Å². The van der Waals surface area contributed by atoms with Crippen molar-refractivity contribution in [3.8, 4) is 11.3 Å². The molecular formula is C22H26ClN3O4. The van der Waals surface area contributed by atoms with Crippen molar-refractivity contribution < 1.29 is 19.5 Å². The number of Topliss-reactive ketones (excluding diaryl/α,β-unsaturated/α-hetero) is 1. The number of unbranched alkanes of at least 4 members (excludes halogenated alkanes) is 2. The first-order chi connectivity index (χ1) is 14.4. The van der Waals surface area contributed by atoms with Gasteiger partial charge in [-0.1, -0.05) is 49.9 Å². The number of hydrogen-bond donors (Lipinski definition) is 1. The van der Waals surface area contributed by atoms with Gasteiger partial charge in [-0.25, -0.2) is 0 Å². The van der Waals surface area contributed by atoms with Crippen LogP contribution in [0.5, 0.6) is 0 Å². The fourth-order valence-corrected chi connectivity index (χ4v) is 3.82. The van der Waals surface area contributed by atoms with Crippen LogP contribution in [0.2, 0.25) is 5.02 Å². The van der Waals surface area contributed by atoms with Gasteiger partial charge in [-0.2, -0.15) is 5.10 Å². The maximum Gasteiger partial charge on any atom is 0.303 e. The van der Waals surface area contributed by atoms with E-state index in [0.29, 0.717) is 23.0 Å². The number of hydrogen-bond acceptors (Lipinski definition) is 4. The molecule has 0 saturated carbocycles. The summed E-state index contributed by atoms with van der Waals surface area (Å²) in [6, 6.07) is 9.03. The van der Waals surface area contributed by atoms with Crippen molar-refractivity contribution in [2.24, 2.45) is 0 Å². The summed E-state index contributed by atoms with van der Waals surface area (Å²) in [6.45, 7) is 2.46. The van der Waals surface area contributed by atoms with Crippen LogP contribution in [0.1, 0.15) is 62.0 Å². The van der Waals surface area contributed by atoms with Crippen LogP contribution < -0.4 is 0 Å². The Balaban J connectivity index is 1.84. The first-order valence-corrected chi connectivity index (χ1v) is 10.6. The van der Waals surface area contributed by atoms with Crippen molar-refractivity contribution in [2.45, 2.75) is 51.5 Å². The Morgan fingerprint density at radius 1 is 1.20 bits per heavy atom. The van der Waals surface area contributed by atoms with E-state index >= 15 is 0 Å². The summed E-state index contributed by atoms with van der Waals surface area (Å²) in [5.41, 5.74) is 2.01. The van der Waals surface area contributed by atoms with Crippen LogP contribution in [0, 0.1) is 0 Å². The molecule has 1 unspecified atom stereocenters. The predicted octanol–water partition coefficient (Wildman–Crippen LogP) is 4.21. The van der Waals surface area contributed by atoms with Gasteiger partial charge in [0.2, 0.25) is 0 Å². The molecule has 2 heterocycles. The van der Waals surface area contributed by atoms with E-state index in [9.17, 15) is 14.4 Å². The lowest BCUT2D eigenvalue weighted by molar-refractivity contribution is -0.138. The molecule has 1 N–H and O–H groups in total. The molecule has 8 heteroatoms. The van der Waals surface area contributed by atoms with E-state index < -0.39 is 5.97 Å². The highest BCUT2D eigenvalue weighted by molar-refractivity contribution is 6.30. The molecule has 1 aliphatic rings. The zero-order valence-electron chi connectivity index (χ0n) is 17.0. The van der Waals surface area contributed by atoms with Crippen molar-refractivity contribution in [1.82, 2.24) is 14.7 Å². The molecule has 3 rings (SSSR count). The summed E-state index contributed by atoms with van der Waals surface area (Å²) < 4.78 is 1.79. The molecule has 1 atom stereocenters. The molecule has 0 bridgehead atoms. The van der Waals surface area contributed by atoms with Gasteiger partial charge in [0.15, 0.2) is 5.78 Å². The number of amides is 1. The maximum absolute atomic E-state index is 13.0. The molecule has 30 heavy (non-hydrogen) atoms. The third kappa shape index (κ3) is 5.27. The fraction of sp³-hybridized carbons (Fsp3) is 0.455. The SMILES string of the molecule is CCCCCC1CN(CC(=O)CCC(=O)O)C(=O)c2cc(-c3ccc(Cl)cc3)nn21. The number of aliphatic carboxylic acids is 1. The third-order valence-electron chi connectivity index (χ3n) is 5.28. The molecule has 0 aliphatic carbocycles. The third-order valence-corrected chi connectivity index (χ3v) is 5.54.